The minimum Gasteiger partial charge on any atom is -0.468 e. The molecule has 2 atom stereocenters. The number of nitro groups is 1. The molecule has 0 saturated heterocycles. The fourth-order valence-corrected chi connectivity index (χ4v) is 3.86. The second-order valence-electron chi connectivity index (χ2n) is 7.51. The molecule has 1 aliphatic heterocycles. The molecule has 0 N–H and O–H groups in total. The number of non-ortho nitro benzene ring substituents is 1. The maximum Gasteiger partial charge on any atom is 0.336 e. The maximum absolute atomic E-state index is 13.1. The van der Waals surface area contributed by atoms with Gasteiger partial charge in [0, 0.05) is 36.2 Å². The lowest BCUT2D eigenvalue weighted by Gasteiger charge is -2.31. The quantitative estimate of drug-likeness (QED) is 0.312. The van der Waals surface area contributed by atoms with Crippen molar-refractivity contribution in [3.8, 4) is 0 Å². The monoisotopic (exact) mass is 467 g/mol. The van der Waals surface area contributed by atoms with Gasteiger partial charge in [0.2, 0.25) is 0 Å². The molecule has 0 aliphatic carbocycles. The van der Waals surface area contributed by atoms with E-state index in [0.717, 1.165) is 5.56 Å². The molecule has 178 valence electrons. The summed E-state index contributed by atoms with van der Waals surface area (Å²) in [5, 5.41) is 11.4. The van der Waals surface area contributed by atoms with E-state index in [1.165, 1.54) is 25.3 Å². The topological polar surface area (TPSA) is 130 Å². The van der Waals surface area contributed by atoms with Crippen LogP contribution < -0.4 is 0 Å². The van der Waals surface area contributed by atoms with E-state index in [2.05, 4.69) is 9.98 Å². The average Bonchev–Trinajstić information content (AvgIpc) is 2.84. The summed E-state index contributed by atoms with van der Waals surface area (Å²) in [7, 11) is 1.24. The van der Waals surface area contributed by atoms with Crippen LogP contribution in [0.15, 0.2) is 65.1 Å². The largest absolute Gasteiger partial charge is 0.468 e. The van der Waals surface area contributed by atoms with Crippen molar-refractivity contribution in [3.63, 3.8) is 0 Å². The van der Waals surface area contributed by atoms with Gasteiger partial charge in [0.15, 0.2) is 0 Å². The smallest absolute Gasteiger partial charge is 0.336 e. The van der Waals surface area contributed by atoms with Gasteiger partial charge in [-0.25, -0.2) is 4.79 Å². The number of benzene rings is 1. The van der Waals surface area contributed by atoms with Crippen LogP contribution in [0.3, 0.4) is 0 Å². The highest BCUT2D eigenvalue weighted by Crippen LogP contribution is 2.41. The summed E-state index contributed by atoms with van der Waals surface area (Å²) in [6.45, 7) is 3.62. The summed E-state index contributed by atoms with van der Waals surface area (Å²) in [5.74, 6) is -3.15. The Bertz CT molecular complexity index is 1130. The Morgan fingerprint density at radius 3 is 2.53 bits per heavy atom. The predicted octanol–water partition coefficient (Wildman–Crippen LogP) is 3.37. The molecule has 34 heavy (non-hydrogen) atoms. The van der Waals surface area contributed by atoms with Crippen LogP contribution in [0.1, 0.15) is 30.9 Å². The first-order chi connectivity index (χ1) is 16.4. The molecule has 0 bridgehead atoms. The molecule has 10 heteroatoms. The molecule has 0 radical (unpaired) electrons. The molecule has 3 rings (SSSR count). The number of pyridine rings is 1. The number of nitrogens with zero attached hydrogens (tertiary/aromatic N) is 3. The highest BCUT2D eigenvalue weighted by molar-refractivity contribution is 6.07. The van der Waals surface area contributed by atoms with Crippen LogP contribution >= 0.6 is 0 Å². The number of carbonyl (C=O) groups excluding carboxylic acids is 2. The van der Waals surface area contributed by atoms with Gasteiger partial charge in [-0.05, 0) is 37.1 Å². The van der Waals surface area contributed by atoms with E-state index < -0.39 is 28.7 Å². The number of rotatable bonds is 9. The summed E-state index contributed by atoms with van der Waals surface area (Å²) >= 11 is 0. The summed E-state index contributed by atoms with van der Waals surface area (Å²) in [5.41, 5.74) is 1.92. The summed E-state index contributed by atoms with van der Waals surface area (Å²) < 4.78 is 16.1. The molecular formula is C24H25N3O7. The van der Waals surface area contributed by atoms with Crippen LogP contribution in [0, 0.1) is 16.0 Å². The number of ether oxygens (including phenoxy) is 3. The van der Waals surface area contributed by atoms with E-state index >= 15 is 0 Å². The van der Waals surface area contributed by atoms with Crippen molar-refractivity contribution in [2.75, 3.05) is 20.3 Å². The van der Waals surface area contributed by atoms with Gasteiger partial charge in [-0.15, -0.1) is 0 Å². The minimum absolute atomic E-state index is 0.0346. The second-order valence-corrected chi connectivity index (χ2v) is 7.51. The zero-order chi connectivity index (χ0) is 24.7. The molecular weight excluding hydrogens is 442 g/mol. The van der Waals surface area contributed by atoms with Crippen molar-refractivity contribution in [1.82, 2.24) is 4.98 Å². The van der Waals surface area contributed by atoms with Crippen molar-refractivity contribution in [1.29, 1.82) is 0 Å². The number of aliphatic imine (C=N–C) groups is 1. The number of carbonyl (C=O) groups is 2. The number of hydrogen-bond donors (Lipinski definition) is 0. The normalized spacial score (nSPS) is 17.7. The first kappa shape index (κ1) is 24.7. The van der Waals surface area contributed by atoms with Crippen LogP contribution in [-0.4, -0.2) is 47.9 Å². The van der Waals surface area contributed by atoms with E-state index in [1.807, 2.05) is 0 Å². The number of hydrogen-bond acceptors (Lipinski definition) is 9. The van der Waals surface area contributed by atoms with Crippen LogP contribution in [0.2, 0.25) is 0 Å². The van der Waals surface area contributed by atoms with Gasteiger partial charge in [-0.3, -0.25) is 24.9 Å². The number of methoxy groups -OCH3 is 1. The summed E-state index contributed by atoms with van der Waals surface area (Å²) in [6.07, 6.45) is 3.29. The van der Waals surface area contributed by atoms with Crippen molar-refractivity contribution in [2.45, 2.75) is 26.4 Å². The molecule has 2 heterocycles. The molecule has 0 saturated carbocycles. The van der Waals surface area contributed by atoms with Gasteiger partial charge in [-0.2, -0.15) is 0 Å². The first-order valence-electron chi connectivity index (χ1n) is 10.6. The minimum atomic E-state index is -0.963. The number of esters is 2. The van der Waals surface area contributed by atoms with Crippen LogP contribution in [-0.2, 0) is 30.4 Å². The molecule has 0 amide bonds. The Balaban J connectivity index is 2.09. The van der Waals surface area contributed by atoms with Gasteiger partial charge in [0.05, 0.1) is 43.1 Å². The fourth-order valence-electron chi connectivity index (χ4n) is 3.86. The highest BCUT2D eigenvalue weighted by Gasteiger charge is 2.43. The van der Waals surface area contributed by atoms with Gasteiger partial charge in [-0.1, -0.05) is 12.1 Å². The Morgan fingerprint density at radius 2 is 1.88 bits per heavy atom. The van der Waals surface area contributed by atoms with Crippen LogP contribution in [0.25, 0.3) is 0 Å². The van der Waals surface area contributed by atoms with Gasteiger partial charge in [0.25, 0.3) is 5.69 Å². The Kier molecular flexibility index (Phi) is 8.20. The Morgan fingerprint density at radius 1 is 1.15 bits per heavy atom. The summed E-state index contributed by atoms with van der Waals surface area (Å²) in [4.78, 5) is 45.2. The first-order valence-corrected chi connectivity index (χ1v) is 10.6. The van der Waals surface area contributed by atoms with E-state index in [-0.39, 0.29) is 31.1 Å². The zero-order valence-electron chi connectivity index (χ0n) is 19.1. The van der Waals surface area contributed by atoms with Crippen molar-refractivity contribution >= 4 is 23.3 Å². The average molecular weight is 467 g/mol. The lowest BCUT2D eigenvalue weighted by atomic mass is 9.75. The number of aromatic nitrogens is 1. The maximum atomic E-state index is 13.1. The molecule has 10 nitrogen and oxygen atoms in total. The molecule has 0 spiro atoms. The zero-order valence-corrected chi connectivity index (χ0v) is 19.1. The predicted molar refractivity (Wildman–Crippen MR) is 122 cm³/mol. The van der Waals surface area contributed by atoms with Crippen molar-refractivity contribution in [3.05, 3.63) is 81.3 Å². The molecule has 1 aromatic carbocycles. The molecule has 2 aromatic rings. The lowest BCUT2D eigenvalue weighted by molar-refractivity contribution is -0.384. The third kappa shape index (κ3) is 5.52. The van der Waals surface area contributed by atoms with Crippen molar-refractivity contribution < 1.29 is 28.7 Å². The fraction of sp³-hybridized carbons (Fsp3) is 0.333. The van der Waals surface area contributed by atoms with E-state index in [1.54, 1.807) is 44.4 Å². The van der Waals surface area contributed by atoms with Gasteiger partial charge < -0.3 is 14.2 Å². The van der Waals surface area contributed by atoms with E-state index in [4.69, 9.17) is 14.2 Å². The van der Waals surface area contributed by atoms with E-state index in [0.29, 0.717) is 17.0 Å². The third-order valence-corrected chi connectivity index (χ3v) is 5.36. The number of nitro benzene ring substituents is 1. The summed E-state index contributed by atoms with van der Waals surface area (Å²) in [6, 6.07) is 9.41. The Labute approximate surface area is 196 Å². The van der Waals surface area contributed by atoms with Gasteiger partial charge >= 0.3 is 11.9 Å². The van der Waals surface area contributed by atoms with E-state index in [9.17, 15) is 19.7 Å². The third-order valence-electron chi connectivity index (χ3n) is 5.36. The van der Waals surface area contributed by atoms with Crippen LogP contribution in [0.4, 0.5) is 5.69 Å². The molecule has 1 aromatic heterocycles. The SMILES string of the molecule is CCOC(=O)C1=C(COCc2ccncc2)N=C(C)C(C(=O)OC)C1c1cccc([N+](=O)[O-])c1. The van der Waals surface area contributed by atoms with Crippen molar-refractivity contribution in [2.24, 2.45) is 10.9 Å². The van der Waals surface area contributed by atoms with Gasteiger partial charge in [0.1, 0.15) is 5.92 Å². The highest BCUT2D eigenvalue weighted by atomic mass is 16.6. The molecule has 0 fully saturated rings. The standard InChI is InChI=1S/C24H25N3O7/c1-4-34-24(29)22-19(14-33-13-16-8-10-25-11-9-16)26-15(2)20(23(28)32-3)21(22)17-6-5-7-18(12-17)27(30)31/h5-12,20-21H,4,13-14H2,1-3H3. The molecule has 2 unspecified atom stereocenters. The second kappa shape index (κ2) is 11.3. The molecule has 1 aliphatic rings. The lowest BCUT2D eigenvalue weighted by Crippen LogP contribution is -2.37. The van der Waals surface area contributed by atoms with Crippen LogP contribution in [0.5, 0.6) is 0 Å². The Hall–Kier alpha value is -3.92.